The van der Waals surface area contributed by atoms with Gasteiger partial charge in [-0.15, -0.1) is 0 Å². The van der Waals surface area contributed by atoms with Crippen molar-refractivity contribution in [3.63, 3.8) is 0 Å². The molecule has 3 atom stereocenters. The summed E-state index contributed by atoms with van der Waals surface area (Å²) in [6.07, 6.45) is 8.53. The standard InChI is InChI=1S/C22H28O2/c1-14-12-16-15(13-18(14)24-5)19-17(23)8-6-11-22(16)20(2,3)9-7-10-21(19,22)4/h6,8,12-13,19H,7,9-11H2,1-5H3. The van der Waals surface area contributed by atoms with Crippen LogP contribution in [0.2, 0.25) is 0 Å². The van der Waals surface area contributed by atoms with Crippen molar-refractivity contribution in [3.8, 4) is 5.75 Å². The van der Waals surface area contributed by atoms with Crippen LogP contribution < -0.4 is 4.74 Å². The van der Waals surface area contributed by atoms with Gasteiger partial charge in [0.2, 0.25) is 0 Å². The monoisotopic (exact) mass is 324 g/mol. The van der Waals surface area contributed by atoms with Gasteiger partial charge in [-0.1, -0.05) is 39.3 Å². The first-order valence-corrected chi connectivity index (χ1v) is 9.18. The smallest absolute Gasteiger partial charge is 0.163 e. The summed E-state index contributed by atoms with van der Waals surface area (Å²) in [7, 11) is 1.72. The van der Waals surface area contributed by atoms with Crippen molar-refractivity contribution < 1.29 is 9.53 Å². The van der Waals surface area contributed by atoms with Gasteiger partial charge in [0.05, 0.1) is 13.0 Å². The third-order valence-corrected chi connectivity index (χ3v) is 7.59. The number of aryl methyl sites for hydroxylation is 1. The van der Waals surface area contributed by atoms with Gasteiger partial charge in [-0.25, -0.2) is 0 Å². The van der Waals surface area contributed by atoms with Crippen molar-refractivity contribution >= 4 is 5.78 Å². The Labute approximate surface area is 145 Å². The topological polar surface area (TPSA) is 26.3 Å². The van der Waals surface area contributed by atoms with Crippen LogP contribution >= 0.6 is 0 Å². The van der Waals surface area contributed by atoms with Crippen molar-refractivity contribution in [3.05, 3.63) is 41.0 Å². The summed E-state index contributed by atoms with van der Waals surface area (Å²) in [6.45, 7) is 9.33. The Morgan fingerprint density at radius 1 is 1.17 bits per heavy atom. The summed E-state index contributed by atoms with van der Waals surface area (Å²) in [6, 6.07) is 4.49. The first-order chi connectivity index (χ1) is 11.3. The molecule has 4 rings (SSSR count). The van der Waals surface area contributed by atoms with Crippen LogP contribution in [-0.2, 0) is 10.2 Å². The molecule has 2 nitrogen and oxygen atoms in total. The van der Waals surface area contributed by atoms with Gasteiger partial charge in [0, 0.05) is 5.41 Å². The molecule has 2 heteroatoms. The molecule has 1 saturated carbocycles. The molecule has 2 bridgehead atoms. The van der Waals surface area contributed by atoms with E-state index >= 15 is 0 Å². The quantitative estimate of drug-likeness (QED) is 0.719. The van der Waals surface area contributed by atoms with E-state index < -0.39 is 0 Å². The molecular weight excluding hydrogens is 296 g/mol. The normalized spacial score (nSPS) is 36.0. The van der Waals surface area contributed by atoms with Gasteiger partial charge in [0.1, 0.15) is 5.75 Å². The van der Waals surface area contributed by atoms with Crippen LogP contribution in [0.4, 0.5) is 0 Å². The van der Waals surface area contributed by atoms with Gasteiger partial charge in [-0.2, -0.15) is 0 Å². The van der Waals surface area contributed by atoms with E-state index in [4.69, 9.17) is 4.74 Å². The number of carbonyl (C=O) groups excluding carboxylic acids is 1. The highest BCUT2D eigenvalue weighted by Gasteiger charge is 2.68. The van der Waals surface area contributed by atoms with Crippen molar-refractivity contribution in [2.24, 2.45) is 10.8 Å². The number of fused-ring (bicyclic) bond motifs is 2. The minimum Gasteiger partial charge on any atom is -0.496 e. The van der Waals surface area contributed by atoms with Gasteiger partial charge in [-0.3, -0.25) is 4.79 Å². The average molecular weight is 324 g/mol. The van der Waals surface area contributed by atoms with Gasteiger partial charge in [0.25, 0.3) is 0 Å². The molecule has 3 aliphatic carbocycles. The number of ether oxygens (including phenoxy) is 1. The van der Waals surface area contributed by atoms with E-state index in [-0.39, 0.29) is 27.9 Å². The number of rotatable bonds is 1. The van der Waals surface area contributed by atoms with Crippen molar-refractivity contribution in [2.75, 3.05) is 7.11 Å². The molecule has 1 aromatic rings. The highest BCUT2D eigenvalue weighted by atomic mass is 16.5. The number of benzene rings is 1. The molecule has 3 aliphatic rings. The Morgan fingerprint density at radius 2 is 1.92 bits per heavy atom. The average Bonchev–Trinajstić information content (AvgIpc) is 2.63. The van der Waals surface area contributed by atoms with E-state index in [9.17, 15) is 4.79 Å². The lowest BCUT2D eigenvalue weighted by Crippen LogP contribution is -2.55. The lowest BCUT2D eigenvalue weighted by Gasteiger charge is -2.59. The van der Waals surface area contributed by atoms with Crippen LogP contribution in [-0.4, -0.2) is 12.9 Å². The Hall–Kier alpha value is -1.57. The van der Waals surface area contributed by atoms with Crippen molar-refractivity contribution in [1.82, 2.24) is 0 Å². The first-order valence-electron chi connectivity index (χ1n) is 9.18. The second kappa shape index (κ2) is 4.74. The zero-order valence-electron chi connectivity index (χ0n) is 15.5. The molecule has 1 fully saturated rings. The number of carbonyl (C=O) groups is 1. The van der Waals surface area contributed by atoms with Gasteiger partial charge in [0.15, 0.2) is 5.78 Å². The molecule has 0 radical (unpaired) electrons. The summed E-state index contributed by atoms with van der Waals surface area (Å²) >= 11 is 0. The van der Waals surface area contributed by atoms with E-state index in [1.807, 2.05) is 6.08 Å². The van der Waals surface area contributed by atoms with E-state index in [1.54, 1.807) is 7.11 Å². The first kappa shape index (κ1) is 15.9. The number of hydrogen-bond acceptors (Lipinski definition) is 2. The highest BCUT2D eigenvalue weighted by Crippen LogP contribution is 2.73. The summed E-state index contributed by atoms with van der Waals surface area (Å²) in [5.74, 6) is 1.16. The molecule has 0 aliphatic heterocycles. The van der Waals surface area contributed by atoms with Crippen molar-refractivity contribution in [1.29, 1.82) is 0 Å². The van der Waals surface area contributed by atoms with Crippen LogP contribution in [0.5, 0.6) is 5.75 Å². The third-order valence-electron chi connectivity index (χ3n) is 7.59. The maximum absolute atomic E-state index is 13.1. The molecule has 0 N–H and O–H groups in total. The molecule has 128 valence electrons. The molecule has 24 heavy (non-hydrogen) atoms. The van der Waals surface area contributed by atoms with E-state index in [2.05, 4.69) is 45.9 Å². The zero-order chi connectivity index (χ0) is 17.3. The second-order valence-electron chi connectivity index (χ2n) is 8.91. The maximum Gasteiger partial charge on any atom is 0.163 e. The molecule has 1 aromatic carbocycles. The number of hydrogen-bond donors (Lipinski definition) is 0. The van der Waals surface area contributed by atoms with Crippen LogP contribution in [0, 0.1) is 17.8 Å². The predicted octanol–water partition coefficient (Wildman–Crippen LogP) is 5.08. The molecule has 0 amide bonds. The molecule has 0 saturated heterocycles. The second-order valence-corrected chi connectivity index (χ2v) is 8.91. The summed E-state index contributed by atoms with van der Waals surface area (Å²) in [5.41, 5.74) is 4.03. The zero-order valence-corrected chi connectivity index (χ0v) is 15.5. The SMILES string of the molecule is COc1cc2c(cc1C)C13CC=CC(=O)C2C1(C)CCCC3(C)C. The third kappa shape index (κ3) is 1.60. The molecular formula is C22H28O2. The molecule has 0 aromatic heterocycles. The minimum absolute atomic E-state index is 0.00350. The van der Waals surface area contributed by atoms with Crippen LogP contribution in [0.25, 0.3) is 0 Å². The number of allylic oxidation sites excluding steroid dienone is 2. The van der Waals surface area contributed by atoms with Gasteiger partial charge in [-0.05, 0) is 65.8 Å². The lowest BCUT2D eigenvalue weighted by atomic mass is 9.44. The fourth-order valence-corrected chi connectivity index (χ4v) is 6.57. The molecule has 0 spiro atoms. The predicted molar refractivity (Wildman–Crippen MR) is 96.7 cm³/mol. The molecule has 0 heterocycles. The molecule has 3 unspecified atom stereocenters. The Balaban J connectivity index is 2.11. The Kier molecular flexibility index (Phi) is 3.15. The van der Waals surface area contributed by atoms with E-state index in [0.717, 1.165) is 18.6 Å². The Bertz CT molecular complexity index is 757. The van der Waals surface area contributed by atoms with Gasteiger partial charge < -0.3 is 4.74 Å². The highest BCUT2D eigenvalue weighted by molar-refractivity contribution is 5.98. The fraction of sp³-hybridized carbons (Fsp3) is 0.591. The van der Waals surface area contributed by atoms with E-state index in [0.29, 0.717) is 0 Å². The van der Waals surface area contributed by atoms with E-state index in [1.165, 1.54) is 29.5 Å². The maximum atomic E-state index is 13.1. The van der Waals surface area contributed by atoms with Crippen LogP contribution in [0.15, 0.2) is 24.3 Å². The summed E-state index contributed by atoms with van der Waals surface area (Å²) < 4.78 is 5.59. The largest absolute Gasteiger partial charge is 0.496 e. The number of methoxy groups -OCH3 is 1. The minimum atomic E-state index is -0.0275. The fourth-order valence-electron chi connectivity index (χ4n) is 6.57. The summed E-state index contributed by atoms with van der Waals surface area (Å²) in [4.78, 5) is 13.1. The van der Waals surface area contributed by atoms with Crippen LogP contribution in [0.3, 0.4) is 0 Å². The lowest BCUT2D eigenvalue weighted by molar-refractivity contribution is -0.122. The summed E-state index contributed by atoms with van der Waals surface area (Å²) in [5, 5.41) is 0. The van der Waals surface area contributed by atoms with Crippen LogP contribution in [0.1, 0.15) is 69.1 Å². The van der Waals surface area contributed by atoms with Crippen molar-refractivity contribution in [2.45, 2.75) is 64.7 Å². The van der Waals surface area contributed by atoms with Gasteiger partial charge >= 0.3 is 0 Å². The Morgan fingerprint density at radius 3 is 2.62 bits per heavy atom. The number of ketones is 1.